The summed E-state index contributed by atoms with van der Waals surface area (Å²) in [6.07, 6.45) is -2.65. The quantitative estimate of drug-likeness (QED) is 0.129. The van der Waals surface area contributed by atoms with Crippen LogP contribution in [0.15, 0.2) is 127 Å². The average Bonchev–Trinajstić information content (AvgIpc) is 3.77. The van der Waals surface area contributed by atoms with E-state index in [1.807, 2.05) is 97.1 Å². The standard InChI is InChI=1S/C48H42FN3O8/c1-28(30-23-22-29(56-3)24-44(30)57-4)52(48(55)60-45-37-20-12-10-16-33(37)34-17-11-13-21-38(34)45)43-25-39(46(53)51(2)58-5)42(26-41(43)49)50-47(54)59-27-40-35-18-8-6-14-31(35)32-15-7-9-19-36(32)40/h6-26,28,40,45H,27H2,1-5H3,(H,50,54). The van der Waals surface area contributed by atoms with Crippen molar-refractivity contribution in [2.24, 2.45) is 0 Å². The Hall–Kier alpha value is -7.18. The molecule has 1 unspecified atom stereocenters. The number of nitrogens with zero attached hydrogens (tertiary/aromatic N) is 2. The lowest BCUT2D eigenvalue weighted by Gasteiger charge is -2.32. The van der Waals surface area contributed by atoms with E-state index in [1.165, 1.54) is 34.4 Å². The van der Waals surface area contributed by atoms with Gasteiger partial charge in [0.05, 0.1) is 44.3 Å². The minimum atomic E-state index is -0.941. The van der Waals surface area contributed by atoms with E-state index in [2.05, 4.69) is 5.32 Å². The van der Waals surface area contributed by atoms with E-state index in [0.29, 0.717) is 17.1 Å². The number of ether oxygens (including phenoxy) is 4. The lowest BCUT2D eigenvalue weighted by molar-refractivity contribution is -0.0756. The molecule has 0 aromatic heterocycles. The van der Waals surface area contributed by atoms with Gasteiger partial charge >= 0.3 is 12.2 Å². The molecule has 0 heterocycles. The molecule has 2 aliphatic rings. The monoisotopic (exact) mass is 807 g/mol. The first-order valence-corrected chi connectivity index (χ1v) is 19.3. The molecule has 6 aromatic carbocycles. The van der Waals surface area contributed by atoms with Crippen LogP contribution in [0.1, 0.15) is 63.2 Å². The molecular formula is C48H42FN3O8. The van der Waals surface area contributed by atoms with E-state index < -0.39 is 36.1 Å². The van der Waals surface area contributed by atoms with E-state index >= 15 is 4.39 Å². The number of hydrogen-bond acceptors (Lipinski definition) is 8. The summed E-state index contributed by atoms with van der Waals surface area (Å²) in [6.45, 7) is 1.67. The SMILES string of the molecule is COc1ccc(C(C)N(C(=O)OC2c3ccccc3-c3ccccc32)c2cc(C(=O)N(C)OC)c(NC(=O)OCC3c4ccccc4-c4ccccc43)cc2F)c(OC)c1. The maximum absolute atomic E-state index is 16.9. The predicted octanol–water partition coefficient (Wildman–Crippen LogP) is 10.3. The number of fused-ring (bicyclic) bond motifs is 6. The van der Waals surface area contributed by atoms with Crippen molar-refractivity contribution < 1.29 is 42.6 Å². The lowest BCUT2D eigenvalue weighted by atomic mass is 9.98. The van der Waals surface area contributed by atoms with Gasteiger partial charge in [-0.2, -0.15) is 0 Å². The first kappa shape index (κ1) is 39.6. The third kappa shape index (κ3) is 7.15. The average molecular weight is 808 g/mol. The van der Waals surface area contributed by atoms with Gasteiger partial charge in [-0.1, -0.05) is 97.1 Å². The van der Waals surface area contributed by atoms with Gasteiger partial charge in [0.1, 0.15) is 23.9 Å². The second kappa shape index (κ2) is 16.6. The molecule has 3 amide bonds. The largest absolute Gasteiger partial charge is 0.497 e. The molecule has 2 aliphatic carbocycles. The molecule has 0 fully saturated rings. The molecule has 6 aromatic rings. The fourth-order valence-electron chi connectivity index (χ4n) is 8.19. The van der Waals surface area contributed by atoms with Gasteiger partial charge in [-0.05, 0) is 58.5 Å². The molecule has 0 radical (unpaired) electrons. The summed E-state index contributed by atoms with van der Waals surface area (Å²) in [5.41, 5.74) is 7.28. The molecule has 8 rings (SSSR count). The summed E-state index contributed by atoms with van der Waals surface area (Å²) in [4.78, 5) is 48.6. The topological polar surface area (TPSA) is 116 Å². The molecule has 0 spiro atoms. The maximum atomic E-state index is 16.9. The van der Waals surface area contributed by atoms with Crippen molar-refractivity contribution in [1.29, 1.82) is 0 Å². The number of methoxy groups -OCH3 is 2. The van der Waals surface area contributed by atoms with Crippen molar-refractivity contribution in [3.05, 3.63) is 167 Å². The number of nitrogens with one attached hydrogen (secondary N) is 1. The van der Waals surface area contributed by atoms with Crippen LogP contribution < -0.4 is 19.7 Å². The zero-order valence-electron chi connectivity index (χ0n) is 33.6. The van der Waals surface area contributed by atoms with E-state index in [0.717, 1.165) is 60.5 Å². The zero-order chi connectivity index (χ0) is 42.1. The van der Waals surface area contributed by atoms with Crippen LogP contribution in [0, 0.1) is 5.82 Å². The van der Waals surface area contributed by atoms with Crippen LogP contribution in [-0.4, -0.2) is 58.1 Å². The van der Waals surface area contributed by atoms with E-state index in [9.17, 15) is 14.4 Å². The van der Waals surface area contributed by atoms with Crippen molar-refractivity contribution in [2.75, 3.05) is 45.2 Å². The van der Waals surface area contributed by atoms with Crippen molar-refractivity contribution in [3.8, 4) is 33.8 Å². The second-order valence-corrected chi connectivity index (χ2v) is 14.4. The zero-order valence-corrected chi connectivity index (χ0v) is 33.6. The minimum Gasteiger partial charge on any atom is -0.497 e. The Kier molecular flexibility index (Phi) is 11.0. The molecule has 0 saturated heterocycles. The van der Waals surface area contributed by atoms with Crippen molar-refractivity contribution >= 4 is 29.5 Å². The van der Waals surface area contributed by atoms with Crippen LogP contribution in [0.3, 0.4) is 0 Å². The second-order valence-electron chi connectivity index (χ2n) is 14.4. The summed E-state index contributed by atoms with van der Waals surface area (Å²) < 4.78 is 40.1. The van der Waals surface area contributed by atoms with Gasteiger partial charge in [0.2, 0.25) is 0 Å². The number of carbonyl (C=O) groups excluding carboxylic acids is 3. The van der Waals surface area contributed by atoms with Gasteiger partial charge in [0.25, 0.3) is 5.91 Å². The van der Waals surface area contributed by atoms with Gasteiger partial charge < -0.3 is 18.9 Å². The Balaban J connectivity index is 1.16. The van der Waals surface area contributed by atoms with Crippen LogP contribution in [-0.2, 0) is 14.3 Å². The highest BCUT2D eigenvalue weighted by Crippen LogP contribution is 2.47. The molecular weight excluding hydrogens is 766 g/mol. The van der Waals surface area contributed by atoms with Gasteiger partial charge in [-0.15, -0.1) is 0 Å². The highest BCUT2D eigenvalue weighted by molar-refractivity contribution is 6.04. The van der Waals surface area contributed by atoms with Crippen LogP contribution in [0.4, 0.5) is 25.4 Å². The Bertz CT molecular complexity index is 2540. The molecule has 1 N–H and O–H groups in total. The fourth-order valence-corrected chi connectivity index (χ4v) is 8.19. The third-order valence-electron chi connectivity index (χ3n) is 11.2. The van der Waals surface area contributed by atoms with E-state index in [1.54, 1.807) is 25.1 Å². The Morgan fingerprint density at radius 1 is 0.717 bits per heavy atom. The van der Waals surface area contributed by atoms with Crippen LogP contribution in [0.25, 0.3) is 22.3 Å². The smallest absolute Gasteiger partial charge is 0.415 e. The highest BCUT2D eigenvalue weighted by atomic mass is 19.1. The molecule has 60 heavy (non-hydrogen) atoms. The summed E-state index contributed by atoms with van der Waals surface area (Å²) >= 11 is 0. The molecule has 0 bridgehead atoms. The molecule has 12 heteroatoms. The van der Waals surface area contributed by atoms with Crippen LogP contribution in [0.2, 0.25) is 0 Å². The predicted molar refractivity (Wildman–Crippen MR) is 225 cm³/mol. The number of halogens is 1. The summed E-state index contributed by atoms with van der Waals surface area (Å²) in [5, 5.41) is 3.50. The number of anilines is 2. The van der Waals surface area contributed by atoms with E-state index in [4.69, 9.17) is 23.8 Å². The van der Waals surface area contributed by atoms with Crippen molar-refractivity contribution in [1.82, 2.24) is 5.06 Å². The number of carbonyl (C=O) groups is 3. The summed E-state index contributed by atoms with van der Waals surface area (Å²) in [7, 11) is 5.65. The number of benzene rings is 6. The molecule has 11 nitrogen and oxygen atoms in total. The van der Waals surface area contributed by atoms with Crippen LogP contribution >= 0.6 is 0 Å². The first-order valence-electron chi connectivity index (χ1n) is 19.3. The number of hydrogen-bond donors (Lipinski definition) is 1. The fraction of sp³-hybridized carbons (Fsp3) is 0.188. The first-order chi connectivity index (χ1) is 29.1. The van der Waals surface area contributed by atoms with Gasteiger partial charge in [0, 0.05) is 41.8 Å². The van der Waals surface area contributed by atoms with Crippen molar-refractivity contribution in [2.45, 2.75) is 25.0 Å². The minimum absolute atomic E-state index is 0.0179. The molecule has 304 valence electrons. The normalized spacial score (nSPS) is 13.0. The third-order valence-corrected chi connectivity index (χ3v) is 11.2. The maximum Gasteiger partial charge on any atom is 0.415 e. The molecule has 0 saturated carbocycles. The highest BCUT2D eigenvalue weighted by Gasteiger charge is 2.37. The number of amides is 3. The van der Waals surface area contributed by atoms with Gasteiger partial charge in [0.15, 0.2) is 6.10 Å². The Labute approximate surface area is 346 Å². The Morgan fingerprint density at radius 2 is 1.27 bits per heavy atom. The van der Waals surface area contributed by atoms with Gasteiger partial charge in [-0.3, -0.25) is 19.8 Å². The molecule has 1 atom stereocenters. The van der Waals surface area contributed by atoms with Gasteiger partial charge in [-0.25, -0.2) is 19.0 Å². The summed E-state index contributed by atoms with van der Waals surface area (Å²) in [6, 6.07) is 37.3. The Morgan fingerprint density at radius 3 is 1.82 bits per heavy atom. The summed E-state index contributed by atoms with van der Waals surface area (Å²) in [5.74, 6) is -1.06. The number of hydroxylamine groups is 2. The molecule has 0 aliphatic heterocycles. The van der Waals surface area contributed by atoms with Crippen molar-refractivity contribution in [3.63, 3.8) is 0 Å². The lowest BCUT2D eigenvalue weighted by Crippen LogP contribution is -2.36. The number of rotatable bonds is 11. The van der Waals surface area contributed by atoms with E-state index in [-0.39, 0.29) is 29.5 Å². The van der Waals surface area contributed by atoms with Crippen LogP contribution in [0.5, 0.6) is 11.5 Å².